The molecule has 52 heavy (non-hydrogen) atoms. The van der Waals surface area contributed by atoms with E-state index in [1.807, 2.05) is 54.4 Å². The molecule has 0 amide bonds. The third kappa shape index (κ3) is 10.6. The second kappa shape index (κ2) is 19.1. The van der Waals surface area contributed by atoms with Crippen LogP contribution in [0.5, 0.6) is 0 Å². The summed E-state index contributed by atoms with van der Waals surface area (Å²) in [4.78, 5) is 19.3. The molecule has 0 unspecified atom stereocenters. The highest BCUT2D eigenvalue weighted by Gasteiger charge is 2.17. The van der Waals surface area contributed by atoms with Crippen LogP contribution in [0.2, 0.25) is 5.02 Å². The van der Waals surface area contributed by atoms with Crippen LogP contribution in [0.25, 0.3) is 0 Å². The summed E-state index contributed by atoms with van der Waals surface area (Å²) < 4.78 is 3.20. The lowest BCUT2D eigenvalue weighted by atomic mass is 10.1. The van der Waals surface area contributed by atoms with Crippen molar-refractivity contribution in [3.63, 3.8) is 0 Å². The molecule has 0 radical (unpaired) electrons. The second-order valence-electron chi connectivity index (χ2n) is 12.9. The fraction of sp³-hybridized carbons (Fsp3) is 0.417. The minimum absolute atomic E-state index is 0.713. The Kier molecular flexibility index (Phi) is 15.2. The normalized spacial score (nSPS) is 14.2. The van der Waals surface area contributed by atoms with E-state index in [1.165, 1.54) is 22.5 Å². The van der Waals surface area contributed by atoms with Gasteiger partial charge in [0.15, 0.2) is 17.9 Å². The zero-order chi connectivity index (χ0) is 38.1. The lowest BCUT2D eigenvalue weighted by molar-refractivity contribution is 0.959. The average molecular weight is 926 g/mol. The molecular formula is C36H50Br3ClN12. The standard InChI is InChI=1S/C12H16Br2N4.C12H17BrN4.C12H17ClN4/c1-7-10(17-12-15-4-5-16-12)8(13)6-9(14)11(7)18(2)3;1-8-10(16-12-14-6-7-15-12)5-4-9(13)11(8)17(2)3;1-8-10(17(2)3)5-4-9(13)11(8)16-12-14-6-7-15-12/h6H,4-5H2,1-3H3,(H2,15,16,17);2*4-5H,6-7H2,1-3H3,(H2,14,15,16). The fourth-order valence-electron chi connectivity index (χ4n) is 5.90. The Morgan fingerprint density at radius 1 is 0.577 bits per heavy atom. The van der Waals surface area contributed by atoms with Crippen molar-refractivity contribution >= 4 is 111 Å². The van der Waals surface area contributed by atoms with Gasteiger partial charge in [-0.3, -0.25) is 15.0 Å². The van der Waals surface area contributed by atoms with E-state index < -0.39 is 0 Å². The van der Waals surface area contributed by atoms with Gasteiger partial charge < -0.3 is 46.6 Å². The minimum Gasteiger partial charge on any atom is -0.377 e. The number of hydrogen-bond donors (Lipinski definition) is 6. The lowest BCUT2D eigenvalue weighted by Crippen LogP contribution is -2.27. The predicted molar refractivity (Wildman–Crippen MR) is 236 cm³/mol. The highest BCUT2D eigenvalue weighted by atomic mass is 79.9. The summed E-state index contributed by atoms with van der Waals surface area (Å²) in [5, 5.41) is 20.2. The van der Waals surface area contributed by atoms with Crippen LogP contribution in [0.3, 0.4) is 0 Å². The summed E-state index contributed by atoms with van der Waals surface area (Å²) in [6.07, 6.45) is 0. The average Bonchev–Trinajstić information content (AvgIpc) is 3.88. The predicted octanol–water partition coefficient (Wildman–Crippen LogP) is 7.24. The molecule has 282 valence electrons. The van der Waals surface area contributed by atoms with Crippen molar-refractivity contribution in [3.8, 4) is 0 Å². The summed E-state index contributed by atoms with van der Waals surface area (Å²) >= 11 is 17.0. The van der Waals surface area contributed by atoms with E-state index in [9.17, 15) is 0 Å². The molecule has 6 N–H and O–H groups in total. The van der Waals surface area contributed by atoms with Crippen LogP contribution < -0.4 is 46.6 Å². The van der Waals surface area contributed by atoms with E-state index in [4.69, 9.17) is 11.6 Å². The van der Waals surface area contributed by atoms with Crippen LogP contribution in [0, 0.1) is 20.8 Å². The van der Waals surface area contributed by atoms with E-state index in [2.05, 4.69) is 148 Å². The van der Waals surface area contributed by atoms with Gasteiger partial charge in [0.25, 0.3) is 0 Å². The second-order valence-corrected chi connectivity index (χ2v) is 15.8. The quantitative estimate of drug-likeness (QED) is 0.152. The summed E-state index contributed by atoms with van der Waals surface area (Å²) in [7, 11) is 12.2. The number of guanidine groups is 3. The van der Waals surface area contributed by atoms with Crippen molar-refractivity contribution in [2.75, 3.05) is 112 Å². The van der Waals surface area contributed by atoms with Gasteiger partial charge in [0.2, 0.25) is 0 Å². The van der Waals surface area contributed by atoms with Crippen LogP contribution >= 0.6 is 59.4 Å². The van der Waals surface area contributed by atoms with Crippen molar-refractivity contribution in [3.05, 3.63) is 65.5 Å². The monoisotopic (exact) mass is 922 g/mol. The zero-order valence-electron chi connectivity index (χ0n) is 31.3. The molecule has 0 fully saturated rings. The van der Waals surface area contributed by atoms with Crippen molar-refractivity contribution in [1.82, 2.24) is 16.0 Å². The molecule has 0 bridgehead atoms. The number of rotatable bonds is 6. The summed E-state index contributed by atoms with van der Waals surface area (Å²) in [6, 6.07) is 10.1. The molecule has 3 heterocycles. The molecule has 0 atom stereocenters. The third-order valence-electron chi connectivity index (χ3n) is 8.35. The molecule has 0 saturated carbocycles. The number of anilines is 6. The molecule has 0 spiro atoms. The highest BCUT2D eigenvalue weighted by molar-refractivity contribution is 9.11. The third-order valence-corrected chi connectivity index (χ3v) is 10.5. The number of hydrogen-bond acceptors (Lipinski definition) is 12. The molecule has 3 aromatic rings. The topological polar surface area (TPSA) is 119 Å². The highest BCUT2D eigenvalue weighted by Crippen LogP contribution is 2.39. The minimum atomic E-state index is 0.713. The van der Waals surface area contributed by atoms with Gasteiger partial charge in [-0.25, -0.2) is 0 Å². The van der Waals surface area contributed by atoms with E-state index in [0.29, 0.717) is 5.02 Å². The Bertz CT molecular complexity index is 1820. The first-order chi connectivity index (χ1) is 24.7. The number of halogens is 4. The SMILES string of the molecule is Cc1c(N(C)C)ccc(Cl)c1NC1=NCCN1.Cc1c(NC2=NCCN2)c(Br)cc(Br)c1N(C)C.Cc1c(NC2=NCCN2)ccc(Br)c1N(C)C. The zero-order valence-corrected chi connectivity index (χ0v) is 36.8. The molecule has 0 aliphatic carbocycles. The number of benzene rings is 3. The molecule has 12 nitrogen and oxygen atoms in total. The van der Waals surface area contributed by atoms with Crippen molar-refractivity contribution in [1.29, 1.82) is 0 Å². The van der Waals surface area contributed by atoms with Gasteiger partial charge in [0.05, 0.1) is 47.4 Å². The Morgan fingerprint density at radius 2 is 1.08 bits per heavy atom. The van der Waals surface area contributed by atoms with E-state index >= 15 is 0 Å². The van der Waals surface area contributed by atoms with E-state index in [0.717, 1.165) is 98.9 Å². The smallest absolute Gasteiger partial charge is 0.195 e. The Hall–Kier alpha value is -3.40. The van der Waals surface area contributed by atoms with Gasteiger partial charge in [-0.2, -0.15) is 0 Å². The Balaban J connectivity index is 0.000000175. The maximum absolute atomic E-state index is 6.22. The molecule has 3 aliphatic rings. The molecule has 3 aliphatic heterocycles. The number of nitrogens with one attached hydrogen (secondary N) is 6. The summed E-state index contributed by atoms with van der Waals surface area (Å²) in [5.74, 6) is 2.50. The Morgan fingerprint density at radius 3 is 1.56 bits per heavy atom. The molecule has 6 rings (SSSR count). The summed E-state index contributed by atoms with van der Waals surface area (Å²) in [5.41, 5.74) is 10.1. The molecular weight excluding hydrogens is 876 g/mol. The molecule has 3 aromatic carbocycles. The molecule has 0 aromatic heterocycles. The van der Waals surface area contributed by atoms with E-state index in [1.54, 1.807) is 0 Å². The first-order valence-electron chi connectivity index (χ1n) is 16.9. The van der Waals surface area contributed by atoms with Gasteiger partial charge in [0.1, 0.15) is 0 Å². The van der Waals surface area contributed by atoms with Crippen LogP contribution in [-0.4, -0.2) is 99.4 Å². The van der Waals surface area contributed by atoms with Crippen LogP contribution in [-0.2, 0) is 0 Å². The lowest BCUT2D eigenvalue weighted by Gasteiger charge is -2.22. The van der Waals surface area contributed by atoms with Crippen molar-refractivity contribution < 1.29 is 0 Å². The maximum Gasteiger partial charge on any atom is 0.195 e. The summed E-state index contributed by atoms with van der Waals surface area (Å²) in [6.45, 7) is 11.4. The number of nitrogens with zero attached hydrogens (tertiary/aromatic N) is 6. The molecule has 16 heteroatoms. The first kappa shape index (κ1) is 41.4. The van der Waals surface area contributed by atoms with Crippen molar-refractivity contribution in [2.45, 2.75) is 20.8 Å². The van der Waals surface area contributed by atoms with E-state index in [-0.39, 0.29) is 0 Å². The fourth-order valence-corrected chi connectivity index (χ4v) is 8.75. The van der Waals surface area contributed by atoms with Crippen LogP contribution in [0.4, 0.5) is 34.1 Å². The van der Waals surface area contributed by atoms with Gasteiger partial charge in [0, 0.05) is 86.7 Å². The number of aliphatic imine (C=N–C) groups is 3. The van der Waals surface area contributed by atoms with Gasteiger partial charge >= 0.3 is 0 Å². The van der Waals surface area contributed by atoms with Crippen LogP contribution in [0.1, 0.15) is 16.7 Å². The van der Waals surface area contributed by atoms with Gasteiger partial charge in [-0.05, 0) is 116 Å². The Labute approximate surface area is 338 Å². The maximum atomic E-state index is 6.22. The van der Waals surface area contributed by atoms with Crippen LogP contribution in [0.15, 0.2) is 58.7 Å². The van der Waals surface area contributed by atoms with Gasteiger partial charge in [-0.1, -0.05) is 11.6 Å². The van der Waals surface area contributed by atoms with Gasteiger partial charge in [-0.15, -0.1) is 0 Å². The first-order valence-corrected chi connectivity index (χ1v) is 19.7. The largest absolute Gasteiger partial charge is 0.377 e. The van der Waals surface area contributed by atoms with Crippen molar-refractivity contribution in [2.24, 2.45) is 15.0 Å². The molecule has 0 saturated heterocycles.